The molecule has 2 heterocycles. The molecule has 2 heteroatoms. The molecule has 1 atom stereocenters. The van der Waals surface area contributed by atoms with Gasteiger partial charge in [0.25, 0.3) is 0 Å². The predicted molar refractivity (Wildman–Crippen MR) is 63.6 cm³/mol. The van der Waals surface area contributed by atoms with Gasteiger partial charge in [-0.1, -0.05) is 12.1 Å². The van der Waals surface area contributed by atoms with Gasteiger partial charge < -0.3 is 5.32 Å². The van der Waals surface area contributed by atoms with Crippen LogP contribution < -0.4 is 5.32 Å². The number of rotatable bonds is 0. The van der Waals surface area contributed by atoms with Gasteiger partial charge in [0.05, 0.1) is 6.04 Å². The maximum Gasteiger partial charge on any atom is 0.0801 e. The van der Waals surface area contributed by atoms with E-state index in [0.717, 1.165) is 0 Å². The summed E-state index contributed by atoms with van der Waals surface area (Å²) in [5.41, 5.74) is 5.95. The Bertz CT molecular complexity index is 541. The highest BCUT2D eigenvalue weighted by Gasteiger charge is 2.33. The molecule has 1 N–H and O–H groups in total. The van der Waals surface area contributed by atoms with E-state index in [0.29, 0.717) is 6.04 Å². The van der Waals surface area contributed by atoms with Gasteiger partial charge in [0.15, 0.2) is 0 Å². The first-order chi connectivity index (χ1) is 7.43. The summed E-state index contributed by atoms with van der Waals surface area (Å²) in [4.78, 5) is 1.56. The van der Waals surface area contributed by atoms with Crippen LogP contribution in [0.2, 0.25) is 0 Å². The highest BCUT2D eigenvalue weighted by atomic mass is 32.1. The molecule has 74 valence electrons. The van der Waals surface area contributed by atoms with Crippen LogP contribution in [0.25, 0.3) is 0 Å². The quantitative estimate of drug-likeness (QED) is 0.707. The Hall–Kier alpha value is -1.28. The van der Waals surface area contributed by atoms with E-state index in [2.05, 4.69) is 35.0 Å². The molecule has 0 amide bonds. The number of fused-ring (bicyclic) bond motifs is 2. The maximum atomic E-state index is 3.55. The second-order valence-corrected chi connectivity index (χ2v) is 5.26. The molecule has 0 saturated carbocycles. The van der Waals surface area contributed by atoms with Crippen LogP contribution in [0.5, 0.6) is 0 Å². The highest BCUT2D eigenvalue weighted by molar-refractivity contribution is 7.10. The molecule has 0 spiro atoms. The molecule has 1 aliphatic heterocycles. The van der Waals surface area contributed by atoms with Gasteiger partial charge in [0, 0.05) is 16.1 Å². The van der Waals surface area contributed by atoms with E-state index < -0.39 is 0 Å². The van der Waals surface area contributed by atoms with Crippen LogP contribution in [0.15, 0.2) is 29.6 Å². The van der Waals surface area contributed by atoms with Crippen molar-refractivity contribution in [1.29, 1.82) is 0 Å². The van der Waals surface area contributed by atoms with Crippen LogP contribution in [0.3, 0.4) is 0 Å². The van der Waals surface area contributed by atoms with Gasteiger partial charge in [-0.05, 0) is 41.5 Å². The molecule has 1 nitrogen and oxygen atoms in total. The molecule has 1 unspecified atom stereocenters. The van der Waals surface area contributed by atoms with Crippen molar-refractivity contribution in [2.24, 2.45) is 0 Å². The lowest BCUT2D eigenvalue weighted by Gasteiger charge is -2.33. The molecule has 1 aliphatic carbocycles. The SMILES string of the molecule is c1cc2c3c(c1)NC3c1ccsc1CC2. The molecule has 2 aliphatic rings. The van der Waals surface area contributed by atoms with E-state index >= 15 is 0 Å². The Morgan fingerprint density at radius 2 is 2.20 bits per heavy atom. The molecule has 0 radical (unpaired) electrons. The van der Waals surface area contributed by atoms with Crippen LogP contribution in [0.1, 0.15) is 27.6 Å². The first-order valence-corrected chi connectivity index (χ1v) is 6.26. The summed E-state index contributed by atoms with van der Waals surface area (Å²) in [6.45, 7) is 0. The second kappa shape index (κ2) is 2.64. The summed E-state index contributed by atoms with van der Waals surface area (Å²) in [5, 5.41) is 5.77. The monoisotopic (exact) mass is 213 g/mol. The van der Waals surface area contributed by atoms with E-state index in [4.69, 9.17) is 0 Å². The zero-order valence-corrected chi connectivity index (χ0v) is 9.10. The highest BCUT2D eigenvalue weighted by Crippen LogP contribution is 2.46. The number of benzene rings is 1. The van der Waals surface area contributed by atoms with E-state index in [1.54, 1.807) is 16.0 Å². The average Bonchev–Trinajstić information content (AvgIpc) is 2.60. The first-order valence-electron chi connectivity index (χ1n) is 5.38. The molecule has 0 saturated heterocycles. The van der Waals surface area contributed by atoms with Crippen LogP contribution in [-0.2, 0) is 12.8 Å². The average molecular weight is 213 g/mol. The largest absolute Gasteiger partial charge is 0.374 e. The number of aryl methyl sites for hydroxylation is 2. The Labute approximate surface area is 92.8 Å². The summed E-state index contributed by atoms with van der Waals surface area (Å²) >= 11 is 1.90. The van der Waals surface area contributed by atoms with Gasteiger partial charge >= 0.3 is 0 Å². The molecule has 1 aromatic heterocycles. The van der Waals surface area contributed by atoms with Gasteiger partial charge in [0.1, 0.15) is 0 Å². The van der Waals surface area contributed by atoms with E-state index in [9.17, 15) is 0 Å². The Morgan fingerprint density at radius 1 is 1.20 bits per heavy atom. The van der Waals surface area contributed by atoms with Crippen molar-refractivity contribution < 1.29 is 0 Å². The number of thiophene rings is 1. The molecule has 15 heavy (non-hydrogen) atoms. The third-order valence-electron chi connectivity index (χ3n) is 3.50. The Balaban J connectivity index is 1.98. The van der Waals surface area contributed by atoms with E-state index in [1.165, 1.54) is 24.1 Å². The van der Waals surface area contributed by atoms with E-state index in [-0.39, 0.29) is 0 Å². The summed E-state index contributed by atoms with van der Waals surface area (Å²) in [6.07, 6.45) is 2.41. The minimum atomic E-state index is 0.486. The molecule has 1 aromatic carbocycles. The summed E-state index contributed by atoms with van der Waals surface area (Å²) < 4.78 is 0. The fourth-order valence-corrected chi connectivity index (χ4v) is 3.66. The van der Waals surface area contributed by atoms with Gasteiger partial charge in [-0.25, -0.2) is 0 Å². The third-order valence-corrected chi connectivity index (χ3v) is 4.49. The van der Waals surface area contributed by atoms with Crippen molar-refractivity contribution in [2.75, 3.05) is 5.32 Å². The van der Waals surface area contributed by atoms with Gasteiger partial charge in [-0.15, -0.1) is 11.3 Å². The van der Waals surface area contributed by atoms with Crippen molar-refractivity contribution >= 4 is 17.0 Å². The Morgan fingerprint density at radius 3 is 3.20 bits per heavy atom. The van der Waals surface area contributed by atoms with Crippen molar-refractivity contribution in [2.45, 2.75) is 18.9 Å². The zero-order valence-electron chi connectivity index (χ0n) is 8.29. The summed E-state index contributed by atoms with van der Waals surface area (Å²) in [5.74, 6) is 0. The van der Waals surface area contributed by atoms with Crippen molar-refractivity contribution in [1.82, 2.24) is 0 Å². The van der Waals surface area contributed by atoms with Gasteiger partial charge in [-0.3, -0.25) is 0 Å². The fraction of sp³-hybridized carbons (Fsp3) is 0.231. The number of hydrogen-bond acceptors (Lipinski definition) is 2. The van der Waals surface area contributed by atoms with Crippen molar-refractivity contribution in [3.8, 4) is 0 Å². The lowest BCUT2D eigenvalue weighted by atomic mass is 9.88. The lowest BCUT2D eigenvalue weighted by Crippen LogP contribution is -2.24. The van der Waals surface area contributed by atoms with Gasteiger partial charge in [0.2, 0.25) is 0 Å². The second-order valence-electron chi connectivity index (χ2n) is 4.25. The van der Waals surface area contributed by atoms with Gasteiger partial charge in [-0.2, -0.15) is 0 Å². The fourth-order valence-electron chi connectivity index (χ4n) is 2.74. The standard InChI is InChI=1S/C13H11NS/c1-2-8-4-5-11-9(6-7-15-11)13-12(8)10(3-1)14-13/h1-3,6-7,13-14H,4-5H2. The van der Waals surface area contributed by atoms with Crippen molar-refractivity contribution in [3.63, 3.8) is 0 Å². The van der Waals surface area contributed by atoms with E-state index in [1.807, 2.05) is 11.3 Å². The number of nitrogens with one attached hydrogen (secondary N) is 1. The third kappa shape index (κ3) is 0.927. The molecule has 4 rings (SSSR count). The topological polar surface area (TPSA) is 12.0 Å². The van der Waals surface area contributed by atoms with Crippen molar-refractivity contribution in [3.05, 3.63) is 51.2 Å². The van der Waals surface area contributed by atoms with Crippen LogP contribution in [0, 0.1) is 0 Å². The molecule has 2 aromatic rings. The number of anilines is 1. The maximum absolute atomic E-state index is 3.55. The summed E-state index contributed by atoms with van der Waals surface area (Å²) in [7, 11) is 0. The minimum Gasteiger partial charge on any atom is -0.374 e. The predicted octanol–water partition coefficient (Wildman–Crippen LogP) is 3.36. The normalized spacial score (nSPS) is 20.7. The smallest absolute Gasteiger partial charge is 0.0801 e. The zero-order chi connectivity index (χ0) is 9.83. The molecular formula is C13H11NS. The lowest BCUT2D eigenvalue weighted by molar-refractivity contribution is 0.863. The van der Waals surface area contributed by atoms with Crippen LogP contribution >= 0.6 is 11.3 Å². The van der Waals surface area contributed by atoms with Crippen LogP contribution in [0.4, 0.5) is 5.69 Å². The molecule has 0 fully saturated rings. The summed E-state index contributed by atoms with van der Waals surface area (Å²) in [6, 6.07) is 9.40. The Kier molecular flexibility index (Phi) is 1.40. The minimum absolute atomic E-state index is 0.486. The first kappa shape index (κ1) is 7.94. The molecule has 0 bridgehead atoms. The molecular weight excluding hydrogens is 202 g/mol. The number of hydrogen-bond donors (Lipinski definition) is 1. The van der Waals surface area contributed by atoms with Crippen LogP contribution in [-0.4, -0.2) is 0 Å².